The second-order valence-electron chi connectivity index (χ2n) is 1.80. The highest BCUT2D eigenvalue weighted by molar-refractivity contribution is 7.74. The smallest absolute Gasteiger partial charge is 0.318 e. The molecule has 3 N–H and O–H groups in total. The summed E-state index contributed by atoms with van der Waals surface area (Å²) in [4.78, 5) is 10.5. The van der Waals surface area contributed by atoms with Crippen LogP contribution in [0, 0.1) is 0 Å². The van der Waals surface area contributed by atoms with Gasteiger partial charge < -0.3 is 5.73 Å². The predicted molar refractivity (Wildman–Crippen MR) is 31.5 cm³/mol. The van der Waals surface area contributed by atoms with Crippen LogP contribution < -0.4 is 5.73 Å². The number of nitrogens with zero attached hydrogens (tertiary/aromatic N) is 1. The first-order valence-electron chi connectivity index (χ1n) is 2.47. The van der Waals surface area contributed by atoms with E-state index in [2.05, 4.69) is 4.28 Å². The molecule has 1 amide bonds. The highest BCUT2D eigenvalue weighted by atomic mass is 32.2. The molecule has 2 unspecified atom stereocenters. The molecule has 0 spiro atoms. The van der Waals surface area contributed by atoms with E-state index in [4.69, 9.17) is 10.3 Å². The van der Waals surface area contributed by atoms with Crippen LogP contribution in [-0.4, -0.2) is 32.3 Å². The van der Waals surface area contributed by atoms with Crippen molar-refractivity contribution in [3.8, 4) is 0 Å². The number of hydroxylamine groups is 2. The Morgan fingerprint density at radius 3 is 2.80 bits per heavy atom. The van der Waals surface area contributed by atoms with Crippen LogP contribution >= 0.6 is 0 Å². The van der Waals surface area contributed by atoms with Crippen molar-refractivity contribution in [2.24, 2.45) is 5.73 Å². The Kier molecular flexibility index (Phi) is 2.00. The lowest BCUT2D eigenvalue weighted by molar-refractivity contribution is -0.177. The lowest BCUT2D eigenvalue weighted by Crippen LogP contribution is -2.60. The minimum absolute atomic E-state index is 0.172. The van der Waals surface area contributed by atoms with Crippen LogP contribution in [0.5, 0.6) is 0 Å². The van der Waals surface area contributed by atoms with Gasteiger partial charge in [0.2, 0.25) is 0 Å². The second-order valence-corrected chi connectivity index (χ2v) is 2.38. The maximum absolute atomic E-state index is 10.5. The zero-order valence-corrected chi connectivity index (χ0v) is 5.71. The normalized spacial score (nSPS) is 28.0. The molecule has 1 heterocycles. The molecule has 1 rings (SSSR count). The van der Waals surface area contributed by atoms with Crippen LogP contribution in [0.15, 0.2) is 0 Å². The van der Waals surface area contributed by atoms with E-state index in [1.165, 1.54) is 0 Å². The molecule has 1 saturated heterocycles. The summed E-state index contributed by atoms with van der Waals surface area (Å²) in [6.07, 6.45) is 0. The zero-order valence-electron chi connectivity index (χ0n) is 4.89. The molecule has 0 bridgehead atoms. The summed E-state index contributed by atoms with van der Waals surface area (Å²) >= 11 is -2.43. The summed E-state index contributed by atoms with van der Waals surface area (Å²) in [6.45, 7) is 0.172. The summed E-state index contributed by atoms with van der Waals surface area (Å²) < 4.78 is 22.1. The lowest BCUT2D eigenvalue weighted by Gasteiger charge is -2.32. The van der Waals surface area contributed by atoms with E-state index in [0.29, 0.717) is 0 Å². The molecule has 6 nitrogen and oxygen atoms in total. The zero-order chi connectivity index (χ0) is 7.72. The first-order chi connectivity index (χ1) is 4.61. The van der Waals surface area contributed by atoms with Gasteiger partial charge in [0, 0.05) is 0 Å². The van der Waals surface area contributed by atoms with Crippen LogP contribution in [0.3, 0.4) is 0 Å². The molecule has 7 heteroatoms. The molecule has 0 aromatic heterocycles. The van der Waals surface area contributed by atoms with Gasteiger partial charge in [0.15, 0.2) is 0 Å². The molecule has 0 aromatic rings. The first kappa shape index (κ1) is 7.61. The fraction of sp³-hybridized carbons (Fsp3) is 0.667. The van der Waals surface area contributed by atoms with Crippen molar-refractivity contribution >= 4 is 17.3 Å². The summed E-state index contributed by atoms with van der Waals surface area (Å²) in [6, 6.07) is -0.580. The third kappa shape index (κ3) is 1.32. The Morgan fingerprint density at radius 2 is 2.50 bits per heavy atom. The molecule has 0 aliphatic carbocycles. The Bertz CT molecular complexity index is 183. The van der Waals surface area contributed by atoms with Crippen molar-refractivity contribution in [3.05, 3.63) is 0 Å². The van der Waals surface area contributed by atoms with Gasteiger partial charge in [0.25, 0.3) is 5.91 Å². The van der Waals surface area contributed by atoms with Crippen molar-refractivity contribution in [1.82, 2.24) is 5.06 Å². The number of carbonyl (C=O) groups is 1. The topological polar surface area (TPSA) is 92.9 Å². The third-order valence-corrected chi connectivity index (χ3v) is 1.39. The third-order valence-electron chi connectivity index (χ3n) is 1.08. The largest absolute Gasteiger partial charge is 0.325 e. The van der Waals surface area contributed by atoms with Crippen molar-refractivity contribution in [2.45, 2.75) is 6.04 Å². The van der Waals surface area contributed by atoms with Gasteiger partial charge in [-0.1, -0.05) is 0 Å². The second kappa shape index (κ2) is 2.62. The van der Waals surface area contributed by atoms with Gasteiger partial charge in [0.05, 0.1) is 6.54 Å². The minimum Gasteiger partial charge on any atom is -0.318 e. The van der Waals surface area contributed by atoms with E-state index in [1.54, 1.807) is 0 Å². The molecular formula is C3H6N2O4S. The Balaban J connectivity index is 2.34. The van der Waals surface area contributed by atoms with Crippen LogP contribution in [0.4, 0.5) is 0 Å². The molecule has 10 heavy (non-hydrogen) atoms. The van der Waals surface area contributed by atoms with Gasteiger partial charge in [0.1, 0.15) is 6.04 Å². The number of rotatable bonds is 2. The fourth-order valence-corrected chi connectivity index (χ4v) is 0.852. The summed E-state index contributed by atoms with van der Waals surface area (Å²) in [5, 5.41) is 0.751. The van der Waals surface area contributed by atoms with Gasteiger partial charge in [-0.2, -0.15) is 4.21 Å². The fourth-order valence-electron chi connectivity index (χ4n) is 0.563. The molecule has 1 aliphatic heterocycles. The van der Waals surface area contributed by atoms with Crippen LogP contribution in [-0.2, 0) is 20.4 Å². The first-order valence-corrected chi connectivity index (χ1v) is 3.50. The molecule has 0 radical (unpaired) electrons. The molecule has 0 aromatic carbocycles. The summed E-state index contributed by atoms with van der Waals surface area (Å²) in [5.74, 6) is -0.470. The van der Waals surface area contributed by atoms with Gasteiger partial charge >= 0.3 is 11.4 Å². The molecule has 1 fully saturated rings. The summed E-state index contributed by atoms with van der Waals surface area (Å²) in [7, 11) is 0. The lowest BCUT2D eigenvalue weighted by atomic mass is 10.2. The number of nitrogens with two attached hydrogens (primary N) is 1. The number of β-lactam (4-membered cyclic amide) rings is 1. The van der Waals surface area contributed by atoms with Crippen LogP contribution in [0.25, 0.3) is 0 Å². The van der Waals surface area contributed by atoms with E-state index in [1.807, 2.05) is 0 Å². The van der Waals surface area contributed by atoms with Crippen molar-refractivity contribution in [3.63, 3.8) is 0 Å². The Morgan fingerprint density at radius 1 is 1.90 bits per heavy atom. The Hall–Kier alpha value is -0.500. The van der Waals surface area contributed by atoms with Crippen LogP contribution in [0.2, 0.25) is 0 Å². The van der Waals surface area contributed by atoms with E-state index in [-0.39, 0.29) is 6.54 Å². The minimum atomic E-state index is -2.43. The van der Waals surface area contributed by atoms with Gasteiger partial charge in [-0.25, -0.2) is 5.06 Å². The maximum Gasteiger partial charge on any atom is 0.325 e. The molecule has 1 aliphatic rings. The molecule has 2 atom stereocenters. The van der Waals surface area contributed by atoms with Crippen LogP contribution in [0.1, 0.15) is 0 Å². The van der Waals surface area contributed by atoms with Gasteiger partial charge in [-0.3, -0.25) is 9.35 Å². The average Bonchev–Trinajstić information content (AvgIpc) is 1.86. The predicted octanol–water partition coefficient (Wildman–Crippen LogP) is -1.78. The van der Waals surface area contributed by atoms with Gasteiger partial charge in [-0.15, -0.1) is 4.28 Å². The number of amides is 1. The number of carbonyl (C=O) groups excluding carboxylic acids is 1. The van der Waals surface area contributed by atoms with Crippen molar-refractivity contribution < 1.29 is 17.8 Å². The van der Waals surface area contributed by atoms with Gasteiger partial charge in [-0.05, 0) is 0 Å². The van der Waals surface area contributed by atoms with E-state index in [0.717, 1.165) is 5.06 Å². The number of hydrogen-bond donors (Lipinski definition) is 2. The van der Waals surface area contributed by atoms with E-state index in [9.17, 15) is 9.00 Å². The standard InChI is InChI=1S/C3H6N2O4S/c4-2-1-5(3(2)6)9-10(7)8/h2H,1,4H2,(H,7,8). The SMILES string of the molecule is NC1CN(OS(=O)O)C1=O. The maximum atomic E-state index is 10.5. The van der Waals surface area contributed by atoms with Crippen molar-refractivity contribution in [2.75, 3.05) is 6.54 Å². The van der Waals surface area contributed by atoms with Crippen molar-refractivity contribution in [1.29, 1.82) is 0 Å². The highest BCUT2D eigenvalue weighted by Crippen LogP contribution is 2.08. The molecule has 0 saturated carbocycles. The summed E-state index contributed by atoms with van der Waals surface area (Å²) in [5.41, 5.74) is 5.14. The number of hydrogen-bond acceptors (Lipinski definition) is 4. The Labute approximate surface area is 59.4 Å². The van der Waals surface area contributed by atoms with E-state index < -0.39 is 23.3 Å². The van der Waals surface area contributed by atoms with E-state index >= 15 is 0 Å². The quantitative estimate of drug-likeness (QED) is 0.374. The highest BCUT2D eigenvalue weighted by Gasteiger charge is 2.36. The molecule has 58 valence electrons. The average molecular weight is 166 g/mol. The molecular weight excluding hydrogens is 160 g/mol. The monoisotopic (exact) mass is 166 g/mol.